The first-order valence-corrected chi connectivity index (χ1v) is 10.9. The molecule has 0 bridgehead atoms. The monoisotopic (exact) mass is 459 g/mol. The molecule has 2 heterocycles. The number of tetrazole rings is 1. The summed E-state index contributed by atoms with van der Waals surface area (Å²) in [6.07, 6.45) is -1.89. The molecule has 31 heavy (non-hydrogen) atoms. The van der Waals surface area contributed by atoms with Crippen molar-refractivity contribution in [1.29, 1.82) is 0 Å². The number of hydrogen-bond acceptors (Lipinski definition) is 7. The number of hydrogen-bond donors (Lipinski definition) is 1. The predicted molar refractivity (Wildman–Crippen MR) is 109 cm³/mol. The molecule has 13 heteroatoms. The number of urea groups is 1. The molecule has 1 aromatic carbocycles. The Kier molecular flexibility index (Phi) is 8.09. The van der Waals surface area contributed by atoms with Crippen molar-refractivity contribution in [2.75, 3.05) is 57.5 Å². The fourth-order valence-electron chi connectivity index (χ4n) is 3.14. The molecule has 1 aliphatic heterocycles. The fraction of sp³-hybridized carbons (Fsp3) is 0.556. The van der Waals surface area contributed by atoms with Crippen LogP contribution in [0.1, 0.15) is 6.42 Å². The van der Waals surface area contributed by atoms with Gasteiger partial charge in [0.25, 0.3) is 0 Å². The van der Waals surface area contributed by atoms with E-state index in [0.717, 1.165) is 5.69 Å². The molecule has 0 unspecified atom stereocenters. The van der Waals surface area contributed by atoms with Gasteiger partial charge in [0.05, 0.1) is 5.69 Å². The maximum atomic E-state index is 12.6. The van der Waals surface area contributed by atoms with E-state index in [9.17, 15) is 18.0 Å². The Labute approximate surface area is 181 Å². The van der Waals surface area contributed by atoms with Crippen LogP contribution >= 0.6 is 11.8 Å². The normalized spacial score (nSPS) is 15.3. The van der Waals surface area contributed by atoms with E-state index in [1.165, 1.54) is 11.8 Å². The summed E-state index contributed by atoms with van der Waals surface area (Å²) in [4.78, 5) is 16.4. The Morgan fingerprint density at radius 1 is 1.26 bits per heavy atom. The highest BCUT2D eigenvalue weighted by molar-refractivity contribution is 7.98. The lowest BCUT2D eigenvalue weighted by atomic mass is 10.2. The average Bonchev–Trinajstić information content (AvgIpc) is 3.22. The molecule has 170 valence electrons. The molecule has 0 spiro atoms. The maximum Gasteiger partial charge on any atom is 0.411 e. The van der Waals surface area contributed by atoms with Crippen molar-refractivity contribution in [1.82, 2.24) is 30.0 Å². The molecule has 1 N–H and O–H groups in total. The number of piperazine rings is 1. The lowest BCUT2D eigenvalue weighted by molar-refractivity contribution is -0.174. The van der Waals surface area contributed by atoms with Crippen LogP contribution in [0.4, 0.5) is 23.7 Å². The second kappa shape index (κ2) is 10.8. The lowest BCUT2D eigenvalue weighted by Crippen LogP contribution is -2.50. The summed E-state index contributed by atoms with van der Waals surface area (Å²) in [6.45, 7) is 1.89. The molecule has 0 aliphatic carbocycles. The molecular weight excluding hydrogens is 435 g/mol. The van der Waals surface area contributed by atoms with Gasteiger partial charge >= 0.3 is 12.2 Å². The second-order valence-corrected chi connectivity index (χ2v) is 7.68. The standard InChI is InChI=1S/C18H24F3N7O2S/c1-31-17-23-24-25-28(17)15-5-2-4-14(12-15)22-16(29)27-9-7-26(8-10-27)6-3-11-30-13-18(19,20)21/h2,4-5,12H,3,6-11,13H2,1H3,(H,22,29). The third kappa shape index (κ3) is 7.08. The highest BCUT2D eigenvalue weighted by Gasteiger charge is 2.27. The zero-order valence-corrected chi connectivity index (χ0v) is 17.8. The number of halogens is 3. The van der Waals surface area contributed by atoms with Gasteiger partial charge in [-0.2, -0.15) is 17.9 Å². The number of amides is 2. The zero-order chi connectivity index (χ0) is 22.3. The van der Waals surface area contributed by atoms with Crippen molar-refractivity contribution in [3.8, 4) is 5.69 Å². The second-order valence-electron chi connectivity index (χ2n) is 6.91. The summed E-state index contributed by atoms with van der Waals surface area (Å²) < 4.78 is 42.4. The number of carbonyl (C=O) groups is 1. The quantitative estimate of drug-likeness (QED) is 0.479. The van der Waals surface area contributed by atoms with E-state index >= 15 is 0 Å². The minimum atomic E-state index is -4.29. The summed E-state index contributed by atoms with van der Waals surface area (Å²) in [6, 6.07) is 7.05. The molecule has 9 nitrogen and oxygen atoms in total. The molecule has 0 atom stereocenters. The number of anilines is 1. The fourth-order valence-corrected chi connectivity index (χ4v) is 3.57. The first-order valence-electron chi connectivity index (χ1n) is 9.71. The van der Waals surface area contributed by atoms with Crippen LogP contribution in [0.3, 0.4) is 0 Å². The molecule has 0 radical (unpaired) electrons. The number of nitrogens with zero attached hydrogens (tertiary/aromatic N) is 6. The van der Waals surface area contributed by atoms with Crippen molar-refractivity contribution in [3.05, 3.63) is 24.3 Å². The summed E-state index contributed by atoms with van der Waals surface area (Å²) >= 11 is 1.42. The van der Waals surface area contributed by atoms with Crippen LogP contribution in [-0.2, 0) is 4.74 Å². The summed E-state index contributed by atoms with van der Waals surface area (Å²) in [5.41, 5.74) is 1.37. The van der Waals surface area contributed by atoms with Crippen molar-refractivity contribution in [2.45, 2.75) is 17.8 Å². The third-order valence-electron chi connectivity index (χ3n) is 4.65. The van der Waals surface area contributed by atoms with Gasteiger partial charge in [-0.1, -0.05) is 17.8 Å². The van der Waals surface area contributed by atoms with E-state index in [2.05, 4.69) is 30.5 Å². The van der Waals surface area contributed by atoms with Gasteiger partial charge < -0.3 is 15.0 Å². The highest BCUT2D eigenvalue weighted by atomic mass is 32.2. The van der Waals surface area contributed by atoms with E-state index in [1.807, 2.05) is 18.4 Å². The summed E-state index contributed by atoms with van der Waals surface area (Å²) in [5, 5.41) is 15.1. The van der Waals surface area contributed by atoms with Crippen LogP contribution in [0.15, 0.2) is 29.4 Å². The number of carbonyl (C=O) groups excluding carboxylic acids is 1. The third-order valence-corrected chi connectivity index (χ3v) is 5.27. The van der Waals surface area contributed by atoms with Gasteiger partial charge in [0.15, 0.2) is 0 Å². The Bertz CT molecular complexity index is 857. The summed E-state index contributed by atoms with van der Waals surface area (Å²) in [5.74, 6) is 0. The number of alkyl halides is 3. The predicted octanol–water partition coefficient (Wildman–Crippen LogP) is 2.50. The zero-order valence-electron chi connectivity index (χ0n) is 17.0. The van der Waals surface area contributed by atoms with Gasteiger partial charge in [-0.25, -0.2) is 4.79 Å². The van der Waals surface area contributed by atoms with Crippen LogP contribution in [0.25, 0.3) is 5.69 Å². The Morgan fingerprint density at radius 3 is 2.74 bits per heavy atom. The van der Waals surface area contributed by atoms with Gasteiger partial charge in [-0.15, -0.1) is 5.10 Å². The molecule has 1 saturated heterocycles. The van der Waals surface area contributed by atoms with Crippen molar-refractivity contribution >= 4 is 23.5 Å². The van der Waals surface area contributed by atoms with Crippen LogP contribution in [-0.4, -0.2) is 94.4 Å². The van der Waals surface area contributed by atoms with Crippen LogP contribution in [0.2, 0.25) is 0 Å². The Morgan fingerprint density at radius 2 is 2.03 bits per heavy atom. The van der Waals surface area contributed by atoms with Crippen LogP contribution in [0.5, 0.6) is 0 Å². The van der Waals surface area contributed by atoms with E-state index in [4.69, 9.17) is 0 Å². The molecule has 0 saturated carbocycles. The molecule has 3 rings (SSSR count). The molecule has 1 aliphatic rings. The number of thioether (sulfide) groups is 1. The van der Waals surface area contributed by atoms with Crippen LogP contribution < -0.4 is 5.32 Å². The number of aromatic nitrogens is 4. The highest BCUT2D eigenvalue weighted by Crippen LogP contribution is 2.19. The van der Waals surface area contributed by atoms with E-state index in [0.29, 0.717) is 50.0 Å². The van der Waals surface area contributed by atoms with E-state index < -0.39 is 12.8 Å². The van der Waals surface area contributed by atoms with Gasteiger partial charge in [0.2, 0.25) is 5.16 Å². The summed E-state index contributed by atoms with van der Waals surface area (Å²) in [7, 11) is 0. The first kappa shape index (κ1) is 23.3. The maximum absolute atomic E-state index is 12.6. The van der Waals surface area contributed by atoms with Gasteiger partial charge in [0.1, 0.15) is 6.61 Å². The number of ether oxygens (including phenoxy) is 1. The van der Waals surface area contributed by atoms with E-state index in [1.54, 1.807) is 21.7 Å². The Balaban J connectivity index is 1.43. The van der Waals surface area contributed by atoms with Gasteiger partial charge in [0, 0.05) is 45.0 Å². The lowest BCUT2D eigenvalue weighted by Gasteiger charge is -2.34. The molecule has 2 amide bonds. The van der Waals surface area contributed by atoms with E-state index in [-0.39, 0.29) is 12.6 Å². The topological polar surface area (TPSA) is 88.4 Å². The Hall–Kier alpha value is -2.38. The average molecular weight is 459 g/mol. The van der Waals surface area contributed by atoms with Crippen molar-refractivity contribution < 1.29 is 22.7 Å². The largest absolute Gasteiger partial charge is 0.411 e. The molecule has 1 fully saturated rings. The van der Waals surface area contributed by atoms with Crippen LogP contribution in [0, 0.1) is 0 Å². The minimum absolute atomic E-state index is 0.0656. The van der Waals surface area contributed by atoms with Gasteiger partial charge in [-0.05, 0) is 41.3 Å². The smallest absolute Gasteiger partial charge is 0.372 e. The molecular formula is C18H24F3N7O2S. The molecule has 1 aromatic heterocycles. The number of rotatable bonds is 8. The minimum Gasteiger partial charge on any atom is -0.372 e. The first-order chi connectivity index (χ1) is 14.9. The van der Waals surface area contributed by atoms with Gasteiger partial charge in [-0.3, -0.25) is 4.90 Å². The molecule has 2 aromatic rings. The number of benzene rings is 1. The number of nitrogens with one attached hydrogen (secondary N) is 1. The van der Waals surface area contributed by atoms with Crippen molar-refractivity contribution in [2.24, 2.45) is 0 Å². The van der Waals surface area contributed by atoms with Crippen molar-refractivity contribution in [3.63, 3.8) is 0 Å². The SMILES string of the molecule is CSc1nnnn1-c1cccc(NC(=O)N2CCN(CCCOCC(F)(F)F)CC2)c1.